The van der Waals surface area contributed by atoms with E-state index in [2.05, 4.69) is 15.3 Å². The number of rotatable bonds is 6. The average molecular weight is 303 g/mol. The molecule has 4 nitrogen and oxygen atoms in total. The van der Waals surface area contributed by atoms with Gasteiger partial charge < -0.3 is 10.1 Å². The van der Waals surface area contributed by atoms with Crippen LogP contribution in [-0.2, 0) is 13.0 Å². The summed E-state index contributed by atoms with van der Waals surface area (Å²) in [6.07, 6.45) is 2.00. The molecule has 0 radical (unpaired) electrons. The summed E-state index contributed by atoms with van der Waals surface area (Å²) < 4.78 is 20.0. The highest BCUT2D eigenvalue weighted by Gasteiger charge is 2.11. The van der Waals surface area contributed by atoms with E-state index in [0.717, 1.165) is 16.9 Å². The van der Waals surface area contributed by atoms with Crippen LogP contribution in [0.5, 0.6) is 5.75 Å². The summed E-state index contributed by atoms with van der Waals surface area (Å²) in [6, 6.07) is 5.99. The summed E-state index contributed by atoms with van der Waals surface area (Å²) in [5.41, 5.74) is 2.51. The Morgan fingerprint density at radius 3 is 2.73 bits per heavy atom. The van der Waals surface area contributed by atoms with Gasteiger partial charge >= 0.3 is 0 Å². The lowest BCUT2D eigenvalue weighted by Crippen LogP contribution is -2.11. The maximum atomic E-state index is 14.1. The molecule has 1 N–H and O–H groups in total. The van der Waals surface area contributed by atoms with E-state index in [9.17, 15) is 4.39 Å². The summed E-state index contributed by atoms with van der Waals surface area (Å²) in [6.45, 7) is 8.29. The molecule has 0 bridgehead atoms. The van der Waals surface area contributed by atoms with Crippen molar-refractivity contribution in [3.05, 3.63) is 47.2 Å². The highest BCUT2D eigenvalue weighted by molar-refractivity contribution is 5.43. The second-order valence-electron chi connectivity index (χ2n) is 5.47. The number of hydrogen-bond donors (Lipinski definition) is 1. The molecule has 0 aliphatic rings. The van der Waals surface area contributed by atoms with Crippen LogP contribution in [0.25, 0.3) is 0 Å². The Hall–Kier alpha value is -2.17. The fraction of sp³-hybridized carbons (Fsp3) is 0.412. The van der Waals surface area contributed by atoms with Crippen molar-refractivity contribution in [1.82, 2.24) is 9.97 Å². The lowest BCUT2D eigenvalue weighted by atomic mass is 10.1. The molecule has 0 saturated carbocycles. The van der Waals surface area contributed by atoms with Crippen LogP contribution in [0, 0.1) is 12.7 Å². The summed E-state index contributed by atoms with van der Waals surface area (Å²) >= 11 is 0. The Labute approximate surface area is 130 Å². The number of benzene rings is 1. The molecule has 0 spiro atoms. The van der Waals surface area contributed by atoms with Crippen molar-refractivity contribution in [2.75, 3.05) is 5.32 Å². The summed E-state index contributed by atoms with van der Waals surface area (Å²) in [5, 5.41) is 3.03. The quantitative estimate of drug-likeness (QED) is 0.879. The minimum absolute atomic E-state index is 0.0861. The van der Waals surface area contributed by atoms with Crippen LogP contribution in [0.1, 0.15) is 37.6 Å². The molecule has 5 heteroatoms. The number of aromatic nitrogens is 2. The first-order chi connectivity index (χ1) is 10.5. The van der Waals surface area contributed by atoms with E-state index in [1.54, 1.807) is 0 Å². The lowest BCUT2D eigenvalue weighted by Gasteiger charge is -2.16. The molecule has 0 aliphatic heterocycles. The number of halogens is 1. The summed E-state index contributed by atoms with van der Waals surface area (Å²) in [7, 11) is 0. The standard InChI is InChI=1S/C17H22FN3O/c1-5-14-16(18)17(21-10-20-14)19-9-13-7-6-12(4)8-15(13)22-11(2)3/h6-8,10-11H,5,9H2,1-4H3,(H,19,20,21). The third-order valence-electron chi connectivity index (χ3n) is 3.23. The van der Waals surface area contributed by atoms with Gasteiger partial charge in [0.15, 0.2) is 11.6 Å². The largest absolute Gasteiger partial charge is 0.491 e. The molecular formula is C17H22FN3O. The molecule has 2 aromatic rings. The third kappa shape index (κ3) is 3.93. The van der Waals surface area contributed by atoms with Crippen LogP contribution in [-0.4, -0.2) is 16.1 Å². The van der Waals surface area contributed by atoms with Crippen molar-refractivity contribution in [2.24, 2.45) is 0 Å². The number of nitrogens with zero attached hydrogens (tertiary/aromatic N) is 2. The van der Waals surface area contributed by atoms with E-state index in [1.165, 1.54) is 6.33 Å². The number of ether oxygens (including phenoxy) is 1. The Morgan fingerprint density at radius 1 is 1.27 bits per heavy atom. The second-order valence-corrected chi connectivity index (χ2v) is 5.47. The first kappa shape index (κ1) is 16.2. The van der Waals surface area contributed by atoms with Crippen LogP contribution in [0.3, 0.4) is 0 Å². The smallest absolute Gasteiger partial charge is 0.186 e. The Kier molecular flexibility index (Phi) is 5.31. The Bertz CT molecular complexity index is 644. The molecular weight excluding hydrogens is 281 g/mol. The van der Waals surface area contributed by atoms with E-state index in [-0.39, 0.29) is 17.7 Å². The van der Waals surface area contributed by atoms with Crippen molar-refractivity contribution in [3.8, 4) is 5.75 Å². The zero-order valence-electron chi connectivity index (χ0n) is 13.5. The maximum Gasteiger partial charge on any atom is 0.186 e. The first-order valence-corrected chi connectivity index (χ1v) is 7.50. The van der Waals surface area contributed by atoms with E-state index in [4.69, 9.17) is 4.74 Å². The molecule has 22 heavy (non-hydrogen) atoms. The van der Waals surface area contributed by atoms with Crippen LogP contribution in [0.2, 0.25) is 0 Å². The number of hydrogen-bond acceptors (Lipinski definition) is 4. The Morgan fingerprint density at radius 2 is 2.05 bits per heavy atom. The van der Waals surface area contributed by atoms with Gasteiger partial charge in [0.05, 0.1) is 11.8 Å². The molecule has 0 amide bonds. The summed E-state index contributed by atoms with van der Waals surface area (Å²) in [5.74, 6) is 0.652. The fourth-order valence-electron chi connectivity index (χ4n) is 2.13. The molecule has 118 valence electrons. The molecule has 0 atom stereocenters. The minimum Gasteiger partial charge on any atom is -0.491 e. The lowest BCUT2D eigenvalue weighted by molar-refractivity contribution is 0.240. The van der Waals surface area contributed by atoms with E-state index in [1.807, 2.05) is 45.9 Å². The van der Waals surface area contributed by atoms with Gasteiger partial charge in [-0.05, 0) is 38.8 Å². The van der Waals surface area contributed by atoms with Crippen LogP contribution in [0.4, 0.5) is 10.2 Å². The van der Waals surface area contributed by atoms with E-state index < -0.39 is 0 Å². The van der Waals surface area contributed by atoms with Gasteiger partial charge in [0, 0.05) is 12.1 Å². The van der Waals surface area contributed by atoms with Crippen LogP contribution >= 0.6 is 0 Å². The first-order valence-electron chi connectivity index (χ1n) is 7.50. The molecule has 2 rings (SSSR count). The van der Waals surface area contributed by atoms with Crippen LogP contribution in [0.15, 0.2) is 24.5 Å². The minimum atomic E-state index is -0.386. The van der Waals surface area contributed by atoms with Gasteiger partial charge in [-0.15, -0.1) is 0 Å². The monoisotopic (exact) mass is 303 g/mol. The maximum absolute atomic E-state index is 14.1. The third-order valence-corrected chi connectivity index (χ3v) is 3.23. The average Bonchev–Trinajstić information content (AvgIpc) is 2.47. The molecule has 0 aliphatic carbocycles. The number of nitrogens with one attached hydrogen (secondary N) is 1. The second kappa shape index (κ2) is 7.20. The van der Waals surface area contributed by atoms with Crippen molar-refractivity contribution < 1.29 is 9.13 Å². The molecule has 0 fully saturated rings. The van der Waals surface area contributed by atoms with Gasteiger partial charge in [0.1, 0.15) is 12.1 Å². The van der Waals surface area contributed by atoms with Crippen molar-refractivity contribution in [3.63, 3.8) is 0 Å². The zero-order chi connectivity index (χ0) is 16.1. The van der Waals surface area contributed by atoms with Crippen LogP contribution < -0.4 is 10.1 Å². The van der Waals surface area contributed by atoms with E-state index in [0.29, 0.717) is 18.7 Å². The Balaban J connectivity index is 2.18. The van der Waals surface area contributed by atoms with Gasteiger partial charge in [-0.1, -0.05) is 19.1 Å². The number of anilines is 1. The SMILES string of the molecule is CCc1ncnc(NCc2ccc(C)cc2OC(C)C)c1F. The molecule has 1 heterocycles. The molecule has 1 aromatic heterocycles. The van der Waals surface area contributed by atoms with Gasteiger partial charge in [-0.3, -0.25) is 0 Å². The zero-order valence-corrected chi connectivity index (χ0v) is 13.5. The van der Waals surface area contributed by atoms with Gasteiger partial charge in [-0.25, -0.2) is 14.4 Å². The fourth-order valence-corrected chi connectivity index (χ4v) is 2.13. The molecule has 1 aromatic carbocycles. The number of aryl methyl sites for hydroxylation is 2. The van der Waals surface area contributed by atoms with Gasteiger partial charge in [0.25, 0.3) is 0 Å². The highest BCUT2D eigenvalue weighted by atomic mass is 19.1. The van der Waals surface area contributed by atoms with Gasteiger partial charge in [0.2, 0.25) is 0 Å². The van der Waals surface area contributed by atoms with Crippen molar-refractivity contribution >= 4 is 5.82 Å². The highest BCUT2D eigenvalue weighted by Crippen LogP contribution is 2.23. The molecule has 0 unspecified atom stereocenters. The predicted molar refractivity (Wildman–Crippen MR) is 85.6 cm³/mol. The summed E-state index contributed by atoms with van der Waals surface area (Å²) in [4.78, 5) is 7.90. The van der Waals surface area contributed by atoms with Crippen molar-refractivity contribution in [2.45, 2.75) is 46.8 Å². The van der Waals surface area contributed by atoms with Gasteiger partial charge in [-0.2, -0.15) is 0 Å². The predicted octanol–water partition coefficient (Wildman–Crippen LogP) is 3.89. The van der Waals surface area contributed by atoms with Crippen molar-refractivity contribution in [1.29, 1.82) is 0 Å². The topological polar surface area (TPSA) is 47.0 Å². The normalized spacial score (nSPS) is 10.8. The molecule has 0 saturated heterocycles. The van der Waals surface area contributed by atoms with E-state index >= 15 is 0 Å².